The summed E-state index contributed by atoms with van der Waals surface area (Å²) in [6, 6.07) is 0.562. The van der Waals surface area contributed by atoms with Gasteiger partial charge in [0.05, 0.1) is 0 Å². The van der Waals surface area contributed by atoms with Gasteiger partial charge >= 0.3 is 0 Å². The minimum absolute atomic E-state index is 0.562. The Kier molecular flexibility index (Phi) is 5.58. The molecule has 0 aromatic heterocycles. The Morgan fingerprint density at radius 3 is 2.60 bits per heavy atom. The first-order chi connectivity index (χ1) is 7.17. The molecule has 3 heteroatoms. The van der Waals surface area contributed by atoms with Crippen LogP contribution in [0.2, 0.25) is 0 Å². The third kappa shape index (κ3) is 4.09. The number of likely N-dealkylation sites (N-methyl/N-ethyl adjacent to an activating group) is 1. The molecule has 0 aliphatic carbocycles. The fourth-order valence-electron chi connectivity index (χ4n) is 2.55. The minimum Gasteiger partial charge on any atom is -0.329 e. The average Bonchev–Trinajstić information content (AvgIpc) is 2.33. The van der Waals surface area contributed by atoms with Crippen LogP contribution in [0.1, 0.15) is 26.7 Å². The lowest BCUT2D eigenvalue weighted by molar-refractivity contribution is 0.184. The summed E-state index contributed by atoms with van der Waals surface area (Å²) in [6.07, 6.45) is 2.57. The van der Waals surface area contributed by atoms with E-state index < -0.39 is 0 Å². The molecule has 0 bridgehead atoms. The van der Waals surface area contributed by atoms with Gasteiger partial charge in [0.2, 0.25) is 0 Å². The Morgan fingerprint density at radius 2 is 2.00 bits per heavy atom. The molecular formula is C12H27N3. The van der Waals surface area contributed by atoms with Crippen LogP contribution < -0.4 is 5.73 Å². The first-order valence-electron chi connectivity index (χ1n) is 6.30. The van der Waals surface area contributed by atoms with Crippen molar-refractivity contribution in [2.75, 3.05) is 39.8 Å². The maximum absolute atomic E-state index is 5.87. The zero-order valence-corrected chi connectivity index (χ0v) is 10.6. The molecule has 90 valence electrons. The molecule has 1 heterocycles. The maximum Gasteiger partial charge on any atom is 0.0345 e. The van der Waals surface area contributed by atoms with Gasteiger partial charge < -0.3 is 10.6 Å². The Morgan fingerprint density at radius 1 is 1.27 bits per heavy atom. The van der Waals surface area contributed by atoms with Gasteiger partial charge in [-0.2, -0.15) is 0 Å². The van der Waals surface area contributed by atoms with Gasteiger partial charge in [-0.05, 0) is 25.9 Å². The summed E-state index contributed by atoms with van der Waals surface area (Å²) in [5, 5.41) is 0. The first-order valence-corrected chi connectivity index (χ1v) is 6.30. The molecule has 1 aliphatic rings. The molecule has 0 saturated carbocycles. The fraction of sp³-hybridized carbons (Fsp3) is 1.00. The predicted molar refractivity (Wildman–Crippen MR) is 66.0 cm³/mol. The zero-order chi connectivity index (χ0) is 11.3. The van der Waals surface area contributed by atoms with E-state index >= 15 is 0 Å². The number of rotatable bonds is 4. The van der Waals surface area contributed by atoms with E-state index in [0.29, 0.717) is 6.04 Å². The molecule has 0 spiro atoms. The van der Waals surface area contributed by atoms with Crippen molar-refractivity contribution < 1.29 is 0 Å². The highest BCUT2D eigenvalue weighted by Crippen LogP contribution is 2.13. The summed E-state index contributed by atoms with van der Waals surface area (Å²) in [5.74, 6) is 0.767. The molecule has 2 N–H and O–H groups in total. The molecule has 2 atom stereocenters. The van der Waals surface area contributed by atoms with Gasteiger partial charge in [-0.3, -0.25) is 4.90 Å². The Labute approximate surface area is 94.6 Å². The van der Waals surface area contributed by atoms with Crippen molar-refractivity contribution in [2.24, 2.45) is 11.7 Å². The normalized spacial score (nSPS) is 30.4. The molecule has 0 aromatic carbocycles. The van der Waals surface area contributed by atoms with Crippen molar-refractivity contribution >= 4 is 0 Å². The van der Waals surface area contributed by atoms with E-state index in [1.165, 1.54) is 32.5 Å². The summed E-state index contributed by atoms with van der Waals surface area (Å²) < 4.78 is 0. The van der Waals surface area contributed by atoms with Crippen molar-refractivity contribution in [1.82, 2.24) is 9.80 Å². The first kappa shape index (κ1) is 12.9. The molecular weight excluding hydrogens is 186 g/mol. The molecule has 0 aromatic rings. The van der Waals surface area contributed by atoms with Crippen molar-refractivity contribution in [1.29, 1.82) is 0 Å². The van der Waals surface area contributed by atoms with Crippen LogP contribution in [0.15, 0.2) is 0 Å². The van der Waals surface area contributed by atoms with Crippen LogP contribution >= 0.6 is 0 Å². The average molecular weight is 213 g/mol. The van der Waals surface area contributed by atoms with Gasteiger partial charge in [0.1, 0.15) is 0 Å². The Balaban J connectivity index is 2.54. The third-order valence-electron chi connectivity index (χ3n) is 3.28. The van der Waals surface area contributed by atoms with E-state index in [4.69, 9.17) is 5.73 Å². The van der Waals surface area contributed by atoms with Crippen LogP contribution in [0.3, 0.4) is 0 Å². The topological polar surface area (TPSA) is 32.5 Å². The number of nitrogens with two attached hydrogens (primary N) is 1. The van der Waals surface area contributed by atoms with Crippen LogP contribution in [0.5, 0.6) is 0 Å². The number of nitrogens with zero attached hydrogens (tertiary/aromatic N) is 2. The minimum atomic E-state index is 0.562. The summed E-state index contributed by atoms with van der Waals surface area (Å²) in [7, 11) is 2.21. The van der Waals surface area contributed by atoms with Gasteiger partial charge in [0.25, 0.3) is 0 Å². The number of unbranched alkanes of at least 4 members (excludes halogenated alkanes) is 1. The zero-order valence-electron chi connectivity index (χ0n) is 10.6. The quantitative estimate of drug-likeness (QED) is 0.756. The summed E-state index contributed by atoms with van der Waals surface area (Å²) >= 11 is 0. The van der Waals surface area contributed by atoms with E-state index in [1.807, 2.05) is 0 Å². The van der Waals surface area contributed by atoms with Crippen molar-refractivity contribution in [3.8, 4) is 0 Å². The van der Waals surface area contributed by atoms with Crippen LogP contribution in [0, 0.1) is 5.92 Å². The third-order valence-corrected chi connectivity index (χ3v) is 3.28. The lowest BCUT2D eigenvalue weighted by Gasteiger charge is -2.30. The second kappa shape index (κ2) is 6.46. The van der Waals surface area contributed by atoms with Gasteiger partial charge in [0.15, 0.2) is 0 Å². The summed E-state index contributed by atoms with van der Waals surface area (Å²) in [4.78, 5) is 5.02. The van der Waals surface area contributed by atoms with E-state index in [-0.39, 0.29) is 0 Å². The van der Waals surface area contributed by atoms with E-state index in [2.05, 4.69) is 30.7 Å². The van der Waals surface area contributed by atoms with Crippen molar-refractivity contribution in [3.63, 3.8) is 0 Å². The van der Waals surface area contributed by atoms with Crippen LogP contribution in [0.4, 0.5) is 0 Å². The monoisotopic (exact) mass is 213 g/mol. The lowest BCUT2D eigenvalue weighted by Crippen LogP contribution is -2.45. The van der Waals surface area contributed by atoms with E-state index in [1.54, 1.807) is 0 Å². The number of hydrogen-bond donors (Lipinski definition) is 1. The molecule has 0 amide bonds. The van der Waals surface area contributed by atoms with E-state index in [9.17, 15) is 0 Å². The lowest BCUT2D eigenvalue weighted by atomic mass is 10.1. The van der Waals surface area contributed by atoms with Crippen molar-refractivity contribution in [3.05, 3.63) is 0 Å². The van der Waals surface area contributed by atoms with Gasteiger partial charge in [0, 0.05) is 32.2 Å². The van der Waals surface area contributed by atoms with Crippen LogP contribution in [-0.2, 0) is 0 Å². The van der Waals surface area contributed by atoms with Crippen molar-refractivity contribution in [2.45, 2.75) is 32.7 Å². The number of hydrogen-bond acceptors (Lipinski definition) is 3. The molecule has 15 heavy (non-hydrogen) atoms. The Hall–Kier alpha value is -0.120. The smallest absolute Gasteiger partial charge is 0.0345 e. The van der Waals surface area contributed by atoms with Gasteiger partial charge in [-0.25, -0.2) is 0 Å². The second-order valence-corrected chi connectivity index (χ2v) is 5.06. The molecule has 0 radical (unpaired) electrons. The standard InChI is InChI=1S/C12H27N3/c1-4-5-6-15-9-11(2)8-14(3)10-12(15)7-13/h11-12H,4-10,13H2,1-3H3. The summed E-state index contributed by atoms with van der Waals surface area (Å²) in [6.45, 7) is 10.2. The molecule has 2 unspecified atom stereocenters. The van der Waals surface area contributed by atoms with E-state index in [0.717, 1.165) is 19.0 Å². The second-order valence-electron chi connectivity index (χ2n) is 5.06. The van der Waals surface area contributed by atoms with Crippen LogP contribution in [0.25, 0.3) is 0 Å². The highest BCUT2D eigenvalue weighted by atomic mass is 15.2. The molecule has 1 aliphatic heterocycles. The largest absolute Gasteiger partial charge is 0.329 e. The molecule has 1 saturated heterocycles. The fourth-order valence-corrected chi connectivity index (χ4v) is 2.55. The highest BCUT2D eigenvalue weighted by molar-refractivity contribution is 4.81. The van der Waals surface area contributed by atoms with Gasteiger partial charge in [-0.15, -0.1) is 0 Å². The molecule has 3 nitrogen and oxygen atoms in total. The summed E-state index contributed by atoms with van der Waals surface area (Å²) in [5.41, 5.74) is 5.87. The maximum atomic E-state index is 5.87. The highest BCUT2D eigenvalue weighted by Gasteiger charge is 2.24. The van der Waals surface area contributed by atoms with Gasteiger partial charge in [-0.1, -0.05) is 20.3 Å². The molecule has 1 rings (SSSR count). The van der Waals surface area contributed by atoms with Crippen LogP contribution in [-0.4, -0.2) is 55.6 Å². The predicted octanol–water partition coefficient (Wildman–Crippen LogP) is 0.997. The Bertz CT molecular complexity index is 172. The SMILES string of the molecule is CCCCN1CC(C)CN(C)CC1CN. The molecule has 1 fully saturated rings.